The molecule has 6 heteroatoms. The van der Waals surface area contributed by atoms with E-state index in [0.29, 0.717) is 17.5 Å². The van der Waals surface area contributed by atoms with E-state index in [1.54, 1.807) is 0 Å². The molecule has 0 aliphatic carbocycles. The van der Waals surface area contributed by atoms with Crippen molar-refractivity contribution >= 4 is 65.6 Å². The highest BCUT2D eigenvalue weighted by atomic mass is 16.3. The molecule has 0 N–H and O–H groups in total. The Morgan fingerprint density at radius 3 is 1.66 bits per heavy atom. The molecule has 58 heavy (non-hydrogen) atoms. The Kier molecular flexibility index (Phi) is 7.13. The number of hydrogen-bond acceptors (Lipinski definition) is 6. The van der Waals surface area contributed by atoms with Crippen molar-refractivity contribution < 1.29 is 8.83 Å². The van der Waals surface area contributed by atoms with Crippen LogP contribution < -0.4 is 0 Å². The molecule has 12 rings (SSSR count). The molecule has 0 spiro atoms. The van der Waals surface area contributed by atoms with Gasteiger partial charge in [0, 0.05) is 60.0 Å². The summed E-state index contributed by atoms with van der Waals surface area (Å²) < 4.78 is 13.1. The normalized spacial score (nSPS) is 11.8. The molecule has 0 amide bonds. The molecule has 0 saturated carbocycles. The van der Waals surface area contributed by atoms with Gasteiger partial charge in [-0.15, -0.1) is 0 Å². The zero-order chi connectivity index (χ0) is 38.2. The number of benzene rings is 8. The Morgan fingerprint density at radius 1 is 0.328 bits per heavy atom. The van der Waals surface area contributed by atoms with Crippen LogP contribution in [-0.2, 0) is 0 Å². The largest absolute Gasteiger partial charge is 0.456 e. The SMILES string of the molecule is c1ccc(-c2nc(-c3ccc(-c4c5c(cc6c(-c7ccccc7)nc7ccccc7c46)oc4ccccc45)cc3)nc(-c3cccc4c3oc3ccccc34)n2)cc1. The predicted octanol–water partition coefficient (Wildman–Crippen LogP) is 13.7. The summed E-state index contributed by atoms with van der Waals surface area (Å²) in [5.41, 5.74) is 10.9. The number of fused-ring (bicyclic) bond motifs is 9. The van der Waals surface area contributed by atoms with Crippen molar-refractivity contribution in [2.45, 2.75) is 0 Å². The van der Waals surface area contributed by atoms with Crippen molar-refractivity contribution in [1.82, 2.24) is 19.9 Å². The molecule has 12 aromatic rings. The fourth-order valence-electron chi connectivity index (χ4n) is 8.47. The van der Waals surface area contributed by atoms with Crippen LogP contribution in [0.1, 0.15) is 0 Å². The van der Waals surface area contributed by atoms with Crippen molar-refractivity contribution in [3.63, 3.8) is 0 Å². The van der Waals surface area contributed by atoms with Gasteiger partial charge in [0.15, 0.2) is 17.5 Å². The second-order valence-corrected chi connectivity index (χ2v) is 14.5. The summed E-state index contributed by atoms with van der Waals surface area (Å²) in [5, 5.41) is 7.45. The molecule has 0 aliphatic heterocycles. The van der Waals surface area contributed by atoms with E-state index in [9.17, 15) is 0 Å². The Morgan fingerprint density at radius 2 is 0.897 bits per heavy atom. The molecular weight excluding hydrogens is 713 g/mol. The first-order valence-corrected chi connectivity index (χ1v) is 19.3. The summed E-state index contributed by atoms with van der Waals surface area (Å²) in [5.74, 6) is 1.71. The van der Waals surface area contributed by atoms with E-state index in [1.165, 1.54) is 0 Å². The lowest BCUT2D eigenvalue weighted by Gasteiger charge is -2.16. The quantitative estimate of drug-likeness (QED) is 0.163. The maximum Gasteiger partial charge on any atom is 0.167 e. The molecule has 6 nitrogen and oxygen atoms in total. The van der Waals surface area contributed by atoms with Crippen LogP contribution in [0.2, 0.25) is 0 Å². The molecule has 0 unspecified atom stereocenters. The number of aromatic nitrogens is 4. The average molecular weight is 743 g/mol. The molecule has 0 aliphatic rings. The molecule has 8 aromatic carbocycles. The van der Waals surface area contributed by atoms with Gasteiger partial charge in [-0.3, -0.25) is 0 Å². The highest BCUT2D eigenvalue weighted by Crippen LogP contribution is 2.46. The molecule has 4 heterocycles. The molecule has 270 valence electrons. The number of pyridine rings is 1. The van der Waals surface area contributed by atoms with E-state index in [0.717, 1.165) is 105 Å². The van der Waals surface area contributed by atoms with Crippen LogP contribution in [0.4, 0.5) is 0 Å². The number of hydrogen-bond donors (Lipinski definition) is 0. The van der Waals surface area contributed by atoms with E-state index in [2.05, 4.69) is 103 Å². The van der Waals surface area contributed by atoms with Gasteiger partial charge in [-0.25, -0.2) is 19.9 Å². The van der Waals surface area contributed by atoms with Crippen molar-refractivity contribution in [2.24, 2.45) is 0 Å². The first-order chi connectivity index (χ1) is 28.7. The van der Waals surface area contributed by atoms with Crippen molar-refractivity contribution in [3.8, 4) is 56.5 Å². The Balaban J connectivity index is 1.10. The third kappa shape index (κ3) is 5.05. The number of rotatable bonds is 5. The lowest BCUT2D eigenvalue weighted by atomic mass is 9.89. The minimum atomic E-state index is 0.547. The monoisotopic (exact) mass is 742 g/mol. The molecule has 0 atom stereocenters. The Hall–Kier alpha value is -7.96. The van der Waals surface area contributed by atoms with Crippen LogP contribution in [0.5, 0.6) is 0 Å². The van der Waals surface area contributed by atoms with Gasteiger partial charge in [-0.1, -0.05) is 152 Å². The van der Waals surface area contributed by atoms with E-state index in [-0.39, 0.29) is 0 Å². The third-order valence-electron chi connectivity index (χ3n) is 11.1. The third-order valence-corrected chi connectivity index (χ3v) is 11.1. The predicted molar refractivity (Wildman–Crippen MR) is 234 cm³/mol. The van der Waals surface area contributed by atoms with Crippen molar-refractivity contribution in [1.29, 1.82) is 0 Å². The van der Waals surface area contributed by atoms with Gasteiger partial charge in [0.05, 0.1) is 16.8 Å². The summed E-state index contributed by atoms with van der Waals surface area (Å²) >= 11 is 0. The smallest absolute Gasteiger partial charge is 0.167 e. The minimum Gasteiger partial charge on any atom is -0.456 e. The van der Waals surface area contributed by atoms with Crippen LogP contribution in [0.15, 0.2) is 191 Å². The minimum absolute atomic E-state index is 0.547. The molecule has 0 bridgehead atoms. The van der Waals surface area contributed by atoms with Gasteiger partial charge in [0.25, 0.3) is 0 Å². The molecule has 0 fully saturated rings. The summed E-state index contributed by atoms with van der Waals surface area (Å²) in [6.07, 6.45) is 0. The maximum atomic E-state index is 6.62. The van der Waals surface area contributed by atoms with Crippen LogP contribution in [0.25, 0.3) is 122 Å². The van der Waals surface area contributed by atoms with Crippen LogP contribution in [0, 0.1) is 0 Å². The summed E-state index contributed by atoms with van der Waals surface area (Å²) in [6, 6.07) is 62.1. The first kappa shape index (κ1) is 32.3. The topological polar surface area (TPSA) is 77.8 Å². The fraction of sp³-hybridized carbons (Fsp3) is 0. The maximum absolute atomic E-state index is 6.62. The molecular formula is C52H30N4O2. The van der Waals surface area contributed by atoms with Gasteiger partial charge in [-0.05, 0) is 35.9 Å². The highest BCUT2D eigenvalue weighted by Gasteiger charge is 2.23. The molecule has 4 aromatic heterocycles. The van der Waals surface area contributed by atoms with Gasteiger partial charge in [0.2, 0.25) is 0 Å². The van der Waals surface area contributed by atoms with Gasteiger partial charge in [0.1, 0.15) is 22.3 Å². The number of furan rings is 2. The zero-order valence-electron chi connectivity index (χ0n) is 30.9. The van der Waals surface area contributed by atoms with Gasteiger partial charge in [-0.2, -0.15) is 0 Å². The number of para-hydroxylation sites is 4. The van der Waals surface area contributed by atoms with Crippen LogP contribution in [0.3, 0.4) is 0 Å². The van der Waals surface area contributed by atoms with Gasteiger partial charge < -0.3 is 8.83 Å². The lowest BCUT2D eigenvalue weighted by molar-refractivity contribution is 0.669. The van der Waals surface area contributed by atoms with E-state index in [4.69, 9.17) is 28.8 Å². The van der Waals surface area contributed by atoms with E-state index < -0.39 is 0 Å². The standard InChI is InChI=1S/C52H30N4O2/c1-3-14-32(15-4-1)48-40-30-44-47(38-20-9-12-25-43(38)57-44)45(46(40)37-19-7-10-23-41(37)53-48)31-26-28-34(29-27-31)51-54-50(33-16-5-2-6-17-33)55-52(56-51)39-22-13-21-36-35-18-8-11-24-42(35)58-49(36)39/h1-30H. The van der Waals surface area contributed by atoms with Crippen LogP contribution in [-0.4, -0.2) is 19.9 Å². The molecule has 0 saturated heterocycles. The lowest BCUT2D eigenvalue weighted by Crippen LogP contribution is -2.00. The second-order valence-electron chi connectivity index (χ2n) is 14.5. The summed E-state index contributed by atoms with van der Waals surface area (Å²) in [6.45, 7) is 0. The van der Waals surface area contributed by atoms with Crippen LogP contribution >= 0.6 is 0 Å². The number of nitrogens with zero attached hydrogens (tertiary/aromatic N) is 4. The Bertz CT molecular complexity index is 3560. The van der Waals surface area contributed by atoms with E-state index >= 15 is 0 Å². The van der Waals surface area contributed by atoms with Gasteiger partial charge >= 0.3 is 0 Å². The van der Waals surface area contributed by atoms with E-state index in [1.807, 2.05) is 78.9 Å². The first-order valence-electron chi connectivity index (χ1n) is 19.3. The Labute approximate surface area is 331 Å². The fourth-order valence-corrected chi connectivity index (χ4v) is 8.47. The zero-order valence-corrected chi connectivity index (χ0v) is 30.9. The summed E-state index contributed by atoms with van der Waals surface area (Å²) in [4.78, 5) is 20.5. The summed E-state index contributed by atoms with van der Waals surface area (Å²) in [7, 11) is 0. The molecule has 0 radical (unpaired) electrons. The second kappa shape index (κ2) is 12.8. The highest BCUT2D eigenvalue weighted by molar-refractivity contribution is 6.27. The average Bonchev–Trinajstić information content (AvgIpc) is 3.87. The van der Waals surface area contributed by atoms with Crippen molar-refractivity contribution in [3.05, 3.63) is 182 Å². The van der Waals surface area contributed by atoms with Crippen molar-refractivity contribution in [2.75, 3.05) is 0 Å².